The molecule has 5 heteroatoms. The van der Waals surface area contributed by atoms with Crippen LogP contribution in [0.15, 0.2) is 48.5 Å². The number of rotatable bonds is 7. The Balaban J connectivity index is 1.39. The maximum atomic E-state index is 12.5. The van der Waals surface area contributed by atoms with Crippen LogP contribution in [0.2, 0.25) is 5.02 Å². The van der Waals surface area contributed by atoms with Crippen molar-refractivity contribution in [2.45, 2.75) is 25.7 Å². The minimum atomic E-state index is 0.222. The van der Waals surface area contributed by atoms with E-state index in [1.807, 2.05) is 23.1 Å². The number of halogens is 1. The topological polar surface area (TPSA) is 41.6 Å². The average Bonchev–Trinajstić information content (AvgIpc) is 2.69. The summed E-state index contributed by atoms with van der Waals surface area (Å²) < 4.78 is 5.15. The summed E-state index contributed by atoms with van der Waals surface area (Å²) in [7, 11) is 1.59. The maximum Gasteiger partial charge on any atom is 0.224 e. The summed E-state index contributed by atoms with van der Waals surface area (Å²) in [5.74, 6) is 1.55. The van der Waals surface area contributed by atoms with Crippen LogP contribution in [0.4, 0.5) is 5.69 Å². The van der Waals surface area contributed by atoms with Crippen LogP contribution in [0, 0.1) is 5.92 Å². The number of carbonyl (C=O) groups is 1. The third-order valence-corrected chi connectivity index (χ3v) is 5.45. The molecule has 1 aliphatic heterocycles. The quantitative estimate of drug-likeness (QED) is 0.754. The number of anilines is 1. The molecule has 3 rings (SSSR count). The fourth-order valence-corrected chi connectivity index (χ4v) is 3.84. The van der Waals surface area contributed by atoms with Gasteiger partial charge >= 0.3 is 0 Å². The van der Waals surface area contributed by atoms with Gasteiger partial charge in [-0.25, -0.2) is 0 Å². The average molecular weight is 387 g/mol. The van der Waals surface area contributed by atoms with E-state index >= 15 is 0 Å². The van der Waals surface area contributed by atoms with Crippen molar-refractivity contribution < 1.29 is 9.53 Å². The molecule has 0 saturated carbocycles. The van der Waals surface area contributed by atoms with Gasteiger partial charge in [0.05, 0.1) is 12.1 Å². The van der Waals surface area contributed by atoms with Gasteiger partial charge in [-0.3, -0.25) is 4.79 Å². The zero-order valence-corrected chi connectivity index (χ0v) is 16.5. The summed E-state index contributed by atoms with van der Waals surface area (Å²) in [6.07, 6.45) is 3.78. The normalized spacial score (nSPS) is 14.8. The van der Waals surface area contributed by atoms with Crippen LogP contribution < -0.4 is 10.1 Å². The number of benzene rings is 2. The lowest BCUT2D eigenvalue weighted by molar-refractivity contribution is -0.132. The molecule has 1 heterocycles. The van der Waals surface area contributed by atoms with Crippen molar-refractivity contribution in [1.29, 1.82) is 0 Å². The Kier molecular flexibility index (Phi) is 6.99. The van der Waals surface area contributed by atoms with E-state index in [2.05, 4.69) is 35.6 Å². The van der Waals surface area contributed by atoms with Gasteiger partial charge in [0.25, 0.3) is 0 Å². The first-order valence-corrected chi connectivity index (χ1v) is 9.92. The van der Waals surface area contributed by atoms with Crippen molar-refractivity contribution in [3.63, 3.8) is 0 Å². The SMILES string of the molecule is COc1ccc(NCCC(=O)N2CCC(Cc3ccccc3)CC2)cc1Cl. The van der Waals surface area contributed by atoms with Gasteiger partial charge in [-0.1, -0.05) is 41.9 Å². The minimum absolute atomic E-state index is 0.222. The van der Waals surface area contributed by atoms with Gasteiger partial charge in [0, 0.05) is 31.7 Å². The van der Waals surface area contributed by atoms with Crippen molar-refractivity contribution in [2.24, 2.45) is 5.92 Å². The lowest BCUT2D eigenvalue weighted by Gasteiger charge is -2.32. The number of carbonyl (C=O) groups excluding carboxylic acids is 1. The lowest BCUT2D eigenvalue weighted by atomic mass is 9.90. The van der Waals surface area contributed by atoms with Crippen molar-refractivity contribution in [3.8, 4) is 5.75 Å². The highest BCUT2D eigenvalue weighted by atomic mass is 35.5. The number of ether oxygens (including phenoxy) is 1. The second-order valence-electron chi connectivity index (χ2n) is 7.04. The van der Waals surface area contributed by atoms with Crippen LogP contribution in [0.1, 0.15) is 24.8 Å². The van der Waals surface area contributed by atoms with Gasteiger partial charge in [0.2, 0.25) is 5.91 Å². The first kappa shape index (κ1) is 19.6. The van der Waals surface area contributed by atoms with Gasteiger partial charge in [-0.15, -0.1) is 0 Å². The number of piperidine rings is 1. The first-order valence-electron chi connectivity index (χ1n) is 9.55. The van der Waals surface area contributed by atoms with E-state index in [0.717, 1.165) is 38.0 Å². The number of amides is 1. The Bertz CT molecular complexity index is 743. The highest BCUT2D eigenvalue weighted by Gasteiger charge is 2.22. The maximum absolute atomic E-state index is 12.5. The summed E-state index contributed by atoms with van der Waals surface area (Å²) >= 11 is 6.12. The molecular formula is C22H27ClN2O2. The predicted molar refractivity (Wildman–Crippen MR) is 111 cm³/mol. The highest BCUT2D eigenvalue weighted by molar-refractivity contribution is 6.32. The largest absolute Gasteiger partial charge is 0.495 e. The van der Waals surface area contributed by atoms with Gasteiger partial charge in [0.15, 0.2) is 0 Å². The van der Waals surface area contributed by atoms with E-state index < -0.39 is 0 Å². The molecule has 1 N–H and O–H groups in total. The minimum Gasteiger partial charge on any atom is -0.495 e. The molecule has 1 amide bonds. The molecule has 2 aromatic rings. The fraction of sp³-hybridized carbons (Fsp3) is 0.409. The number of methoxy groups -OCH3 is 1. The van der Waals surface area contributed by atoms with E-state index in [0.29, 0.717) is 29.7 Å². The molecule has 27 heavy (non-hydrogen) atoms. The van der Waals surface area contributed by atoms with Crippen LogP contribution in [0.25, 0.3) is 0 Å². The monoisotopic (exact) mass is 386 g/mol. The summed E-state index contributed by atoms with van der Waals surface area (Å²) in [5.41, 5.74) is 2.29. The Morgan fingerprint density at radius 1 is 1.19 bits per heavy atom. The second-order valence-corrected chi connectivity index (χ2v) is 7.45. The van der Waals surface area contributed by atoms with Crippen LogP contribution in [-0.2, 0) is 11.2 Å². The van der Waals surface area contributed by atoms with Gasteiger partial charge in [-0.2, -0.15) is 0 Å². The molecular weight excluding hydrogens is 360 g/mol. The predicted octanol–water partition coefficient (Wildman–Crippen LogP) is 4.63. The molecule has 1 fully saturated rings. The Morgan fingerprint density at radius 3 is 2.59 bits per heavy atom. The van der Waals surface area contributed by atoms with Crippen LogP contribution in [0.5, 0.6) is 5.75 Å². The van der Waals surface area contributed by atoms with Gasteiger partial charge in [0.1, 0.15) is 5.75 Å². The molecule has 0 spiro atoms. The third-order valence-electron chi connectivity index (χ3n) is 5.15. The van der Waals surface area contributed by atoms with Crippen LogP contribution in [0.3, 0.4) is 0 Å². The molecule has 1 aliphatic rings. The van der Waals surface area contributed by atoms with Crippen molar-refractivity contribution in [2.75, 3.05) is 32.1 Å². The molecule has 0 atom stereocenters. The zero-order valence-electron chi connectivity index (χ0n) is 15.8. The van der Waals surface area contributed by atoms with Crippen LogP contribution >= 0.6 is 11.6 Å². The number of hydrogen-bond donors (Lipinski definition) is 1. The van der Waals surface area contributed by atoms with E-state index in [9.17, 15) is 4.79 Å². The second kappa shape index (κ2) is 9.65. The van der Waals surface area contributed by atoms with E-state index in [1.165, 1.54) is 5.56 Å². The smallest absolute Gasteiger partial charge is 0.224 e. The molecule has 0 aromatic heterocycles. The Hall–Kier alpha value is -2.20. The Morgan fingerprint density at radius 2 is 1.93 bits per heavy atom. The van der Waals surface area contributed by atoms with Crippen LogP contribution in [-0.4, -0.2) is 37.6 Å². The number of nitrogens with one attached hydrogen (secondary N) is 1. The third kappa shape index (κ3) is 5.64. The fourth-order valence-electron chi connectivity index (χ4n) is 3.58. The summed E-state index contributed by atoms with van der Waals surface area (Å²) in [4.78, 5) is 14.5. The molecule has 144 valence electrons. The Labute approximate surface area is 166 Å². The van der Waals surface area contributed by atoms with E-state index in [1.54, 1.807) is 7.11 Å². The first-order chi connectivity index (χ1) is 13.2. The van der Waals surface area contributed by atoms with E-state index in [4.69, 9.17) is 16.3 Å². The summed E-state index contributed by atoms with van der Waals surface area (Å²) in [6.45, 7) is 2.33. The molecule has 0 aliphatic carbocycles. The molecule has 1 saturated heterocycles. The lowest BCUT2D eigenvalue weighted by Crippen LogP contribution is -2.39. The van der Waals surface area contributed by atoms with Gasteiger partial charge in [-0.05, 0) is 48.9 Å². The molecule has 2 aromatic carbocycles. The van der Waals surface area contributed by atoms with Crippen molar-refractivity contribution in [3.05, 3.63) is 59.1 Å². The molecule has 0 bridgehead atoms. The molecule has 0 unspecified atom stereocenters. The standard InChI is InChI=1S/C22H27ClN2O2/c1-27-21-8-7-19(16-20(21)23)24-12-9-22(26)25-13-10-18(11-14-25)15-17-5-3-2-4-6-17/h2-8,16,18,24H,9-15H2,1H3. The van der Waals surface area contributed by atoms with Crippen molar-refractivity contribution in [1.82, 2.24) is 4.90 Å². The van der Waals surface area contributed by atoms with Crippen molar-refractivity contribution >= 4 is 23.2 Å². The number of hydrogen-bond acceptors (Lipinski definition) is 3. The number of likely N-dealkylation sites (tertiary alicyclic amines) is 1. The highest BCUT2D eigenvalue weighted by Crippen LogP contribution is 2.27. The van der Waals surface area contributed by atoms with Gasteiger partial charge < -0.3 is 15.0 Å². The number of nitrogens with zero attached hydrogens (tertiary/aromatic N) is 1. The summed E-state index contributed by atoms with van der Waals surface area (Å²) in [6, 6.07) is 16.2. The van der Waals surface area contributed by atoms with E-state index in [-0.39, 0.29) is 5.91 Å². The molecule has 4 nitrogen and oxygen atoms in total. The zero-order chi connectivity index (χ0) is 19.1. The molecule has 0 radical (unpaired) electrons. The summed E-state index contributed by atoms with van der Waals surface area (Å²) in [5, 5.41) is 3.82.